The molecule has 0 bridgehead atoms. The monoisotopic (exact) mass is 302 g/mol. The molecule has 0 aromatic heterocycles. The number of carbonyl (C=O) groups excluding carboxylic acids is 1. The van der Waals surface area contributed by atoms with Gasteiger partial charge in [0.1, 0.15) is 5.82 Å². The van der Waals surface area contributed by atoms with E-state index in [4.69, 9.17) is 0 Å². The highest BCUT2D eigenvalue weighted by Crippen LogP contribution is 2.15. The minimum Gasteiger partial charge on any atom is -0.359 e. The van der Waals surface area contributed by atoms with E-state index < -0.39 is 0 Å². The van der Waals surface area contributed by atoms with Crippen LogP contribution in [0.15, 0.2) is 22.7 Å². The Hall–Kier alpha value is -0.940. The highest BCUT2D eigenvalue weighted by Gasteiger charge is 2.02. The van der Waals surface area contributed by atoms with Crippen LogP contribution in [0, 0.1) is 5.82 Å². The molecule has 0 saturated carbocycles. The molecule has 94 valence electrons. The molecule has 1 amide bonds. The molecule has 0 radical (unpaired) electrons. The predicted octanol–water partition coefficient (Wildman–Crippen LogP) is 2.20. The van der Waals surface area contributed by atoms with Gasteiger partial charge in [0.05, 0.1) is 0 Å². The largest absolute Gasteiger partial charge is 0.359 e. The summed E-state index contributed by atoms with van der Waals surface area (Å²) in [7, 11) is 1.62. The van der Waals surface area contributed by atoms with Crippen molar-refractivity contribution in [3.05, 3.63) is 34.1 Å². The lowest BCUT2D eigenvalue weighted by molar-refractivity contribution is -0.120. The van der Waals surface area contributed by atoms with Crippen molar-refractivity contribution in [2.45, 2.75) is 19.4 Å². The van der Waals surface area contributed by atoms with Gasteiger partial charge in [-0.15, -0.1) is 0 Å². The van der Waals surface area contributed by atoms with Gasteiger partial charge in [-0.25, -0.2) is 4.39 Å². The van der Waals surface area contributed by atoms with Crippen LogP contribution in [-0.2, 0) is 11.3 Å². The van der Waals surface area contributed by atoms with Gasteiger partial charge in [-0.3, -0.25) is 4.79 Å². The van der Waals surface area contributed by atoms with Gasteiger partial charge in [-0.1, -0.05) is 15.9 Å². The van der Waals surface area contributed by atoms with Crippen LogP contribution in [0.25, 0.3) is 0 Å². The van der Waals surface area contributed by atoms with E-state index in [1.54, 1.807) is 19.2 Å². The number of nitrogens with one attached hydrogen (secondary N) is 2. The van der Waals surface area contributed by atoms with Crippen LogP contribution in [0.1, 0.15) is 18.4 Å². The fraction of sp³-hybridized carbons (Fsp3) is 0.417. The van der Waals surface area contributed by atoms with Crippen LogP contribution >= 0.6 is 15.9 Å². The highest BCUT2D eigenvalue weighted by molar-refractivity contribution is 9.10. The zero-order valence-corrected chi connectivity index (χ0v) is 11.3. The first-order chi connectivity index (χ1) is 8.13. The maximum atomic E-state index is 13.3. The molecule has 3 nitrogen and oxygen atoms in total. The summed E-state index contributed by atoms with van der Waals surface area (Å²) in [5.41, 5.74) is 0.624. The summed E-state index contributed by atoms with van der Waals surface area (Å²) in [4.78, 5) is 10.9. The van der Waals surface area contributed by atoms with Crippen LogP contribution in [0.3, 0.4) is 0 Å². The number of benzene rings is 1. The van der Waals surface area contributed by atoms with Crippen LogP contribution in [-0.4, -0.2) is 19.5 Å². The second-order valence-electron chi connectivity index (χ2n) is 3.69. The van der Waals surface area contributed by atoms with E-state index in [0.29, 0.717) is 25.1 Å². The number of hydrogen-bond acceptors (Lipinski definition) is 2. The summed E-state index contributed by atoms with van der Waals surface area (Å²) < 4.78 is 14.2. The first kappa shape index (κ1) is 14.1. The molecule has 0 aliphatic carbocycles. The molecule has 2 N–H and O–H groups in total. The maximum absolute atomic E-state index is 13.3. The van der Waals surface area contributed by atoms with Crippen LogP contribution in [0.4, 0.5) is 4.39 Å². The van der Waals surface area contributed by atoms with Gasteiger partial charge in [0.25, 0.3) is 0 Å². The third kappa shape index (κ3) is 5.28. The smallest absolute Gasteiger partial charge is 0.219 e. The Morgan fingerprint density at radius 2 is 2.24 bits per heavy atom. The zero-order chi connectivity index (χ0) is 12.7. The predicted molar refractivity (Wildman–Crippen MR) is 69.1 cm³/mol. The molecule has 1 aromatic carbocycles. The van der Waals surface area contributed by atoms with E-state index in [9.17, 15) is 9.18 Å². The van der Waals surface area contributed by atoms with Crippen molar-refractivity contribution in [2.24, 2.45) is 0 Å². The number of amides is 1. The summed E-state index contributed by atoms with van der Waals surface area (Å²) in [5, 5.41) is 5.67. The van der Waals surface area contributed by atoms with Gasteiger partial charge in [0.2, 0.25) is 5.91 Å². The van der Waals surface area contributed by atoms with E-state index in [-0.39, 0.29) is 11.7 Å². The average Bonchev–Trinajstić information content (AvgIpc) is 2.32. The molecule has 0 atom stereocenters. The second kappa shape index (κ2) is 7.40. The number of hydrogen-bond donors (Lipinski definition) is 2. The van der Waals surface area contributed by atoms with Crippen molar-refractivity contribution in [3.8, 4) is 0 Å². The average molecular weight is 303 g/mol. The Bertz CT molecular complexity index is 385. The molecule has 1 rings (SSSR count). The lowest BCUT2D eigenvalue weighted by Gasteiger charge is -2.06. The van der Waals surface area contributed by atoms with Crippen LogP contribution < -0.4 is 10.6 Å². The number of rotatable bonds is 6. The molecule has 1 aromatic rings. The Morgan fingerprint density at radius 3 is 2.94 bits per heavy atom. The third-order valence-electron chi connectivity index (χ3n) is 2.36. The maximum Gasteiger partial charge on any atom is 0.219 e. The molecular formula is C12H16BrFN2O. The molecule has 5 heteroatoms. The SMILES string of the molecule is CNC(=O)CCCNCc1cc(Br)ccc1F. The Morgan fingerprint density at radius 1 is 1.47 bits per heavy atom. The van der Waals surface area contributed by atoms with E-state index in [1.807, 2.05) is 0 Å². The molecule has 0 aliphatic heterocycles. The Labute approximate surface area is 109 Å². The fourth-order valence-electron chi connectivity index (χ4n) is 1.40. The van der Waals surface area contributed by atoms with E-state index >= 15 is 0 Å². The molecule has 0 fully saturated rings. The van der Waals surface area contributed by atoms with E-state index in [1.165, 1.54) is 6.07 Å². The lowest BCUT2D eigenvalue weighted by atomic mass is 10.2. The molecule has 0 aliphatic rings. The first-order valence-corrected chi connectivity index (χ1v) is 6.28. The quantitative estimate of drug-likeness (QED) is 0.791. The molecule has 0 unspecified atom stereocenters. The van der Waals surface area contributed by atoms with Crippen molar-refractivity contribution in [1.82, 2.24) is 10.6 Å². The van der Waals surface area contributed by atoms with Crippen molar-refractivity contribution in [1.29, 1.82) is 0 Å². The summed E-state index contributed by atoms with van der Waals surface area (Å²) in [5.74, 6) is -0.188. The van der Waals surface area contributed by atoms with Crippen molar-refractivity contribution in [2.75, 3.05) is 13.6 Å². The summed E-state index contributed by atoms with van der Waals surface area (Å²) >= 11 is 3.30. The van der Waals surface area contributed by atoms with Gasteiger partial charge in [-0.05, 0) is 31.2 Å². The third-order valence-corrected chi connectivity index (χ3v) is 2.85. The molecule has 0 heterocycles. The standard InChI is InChI=1S/C12H16BrFN2O/c1-15-12(17)3-2-6-16-8-9-7-10(13)4-5-11(9)14/h4-5,7,16H,2-3,6,8H2,1H3,(H,15,17). The second-order valence-corrected chi connectivity index (χ2v) is 4.60. The van der Waals surface area contributed by atoms with Crippen molar-refractivity contribution >= 4 is 21.8 Å². The molecular weight excluding hydrogens is 287 g/mol. The lowest BCUT2D eigenvalue weighted by Crippen LogP contribution is -2.21. The topological polar surface area (TPSA) is 41.1 Å². The number of halogens is 2. The molecule has 17 heavy (non-hydrogen) atoms. The van der Waals surface area contributed by atoms with Crippen molar-refractivity contribution < 1.29 is 9.18 Å². The molecule has 0 saturated heterocycles. The first-order valence-electron chi connectivity index (χ1n) is 5.48. The van der Waals surface area contributed by atoms with Crippen LogP contribution in [0.2, 0.25) is 0 Å². The zero-order valence-electron chi connectivity index (χ0n) is 9.72. The Kier molecular flexibility index (Phi) is 6.15. The van der Waals surface area contributed by atoms with E-state index in [2.05, 4.69) is 26.6 Å². The Balaban J connectivity index is 2.26. The van der Waals surface area contributed by atoms with Gasteiger partial charge in [0, 0.05) is 30.0 Å². The fourth-order valence-corrected chi connectivity index (χ4v) is 1.81. The summed E-state index contributed by atoms with van der Waals surface area (Å²) in [6.07, 6.45) is 1.24. The van der Waals surface area contributed by atoms with E-state index in [0.717, 1.165) is 10.9 Å². The highest BCUT2D eigenvalue weighted by atomic mass is 79.9. The molecule has 0 spiro atoms. The number of carbonyl (C=O) groups is 1. The van der Waals surface area contributed by atoms with Gasteiger partial charge >= 0.3 is 0 Å². The van der Waals surface area contributed by atoms with Gasteiger partial charge in [-0.2, -0.15) is 0 Å². The minimum atomic E-state index is -0.216. The normalized spacial score (nSPS) is 10.3. The van der Waals surface area contributed by atoms with Crippen LogP contribution in [0.5, 0.6) is 0 Å². The van der Waals surface area contributed by atoms with Gasteiger partial charge < -0.3 is 10.6 Å². The summed E-state index contributed by atoms with van der Waals surface area (Å²) in [6.45, 7) is 1.17. The summed E-state index contributed by atoms with van der Waals surface area (Å²) in [6, 6.07) is 4.86. The van der Waals surface area contributed by atoms with Gasteiger partial charge in [0.15, 0.2) is 0 Å². The minimum absolute atomic E-state index is 0.0282. The van der Waals surface area contributed by atoms with Crippen molar-refractivity contribution in [3.63, 3.8) is 0 Å².